The lowest BCUT2D eigenvalue weighted by Crippen LogP contribution is -2.07. The molecule has 1 unspecified atom stereocenters. The Morgan fingerprint density at radius 2 is 1.85 bits per heavy atom. The van der Waals surface area contributed by atoms with E-state index in [0.717, 1.165) is 22.0 Å². The van der Waals surface area contributed by atoms with Crippen LogP contribution < -0.4 is 5.73 Å². The highest BCUT2D eigenvalue weighted by Gasteiger charge is 2.09. The number of benzene rings is 2. The molecule has 0 fully saturated rings. The molecular formula is C17H15FN2. The molecule has 1 aromatic heterocycles. The fraction of sp³-hybridized carbons (Fsp3) is 0.118. The number of nitrogens with zero attached hydrogens (tertiary/aromatic N) is 1. The molecule has 1 heterocycles. The van der Waals surface area contributed by atoms with Gasteiger partial charge in [0.05, 0.1) is 5.52 Å². The van der Waals surface area contributed by atoms with Crippen LogP contribution in [0.5, 0.6) is 0 Å². The minimum atomic E-state index is -0.330. The van der Waals surface area contributed by atoms with Crippen molar-refractivity contribution in [1.82, 2.24) is 4.98 Å². The van der Waals surface area contributed by atoms with Crippen molar-refractivity contribution in [2.75, 3.05) is 0 Å². The second kappa shape index (κ2) is 5.02. The first-order chi connectivity index (χ1) is 9.65. The van der Waals surface area contributed by atoms with Gasteiger partial charge in [-0.2, -0.15) is 0 Å². The van der Waals surface area contributed by atoms with E-state index in [1.165, 1.54) is 6.07 Å². The Kier molecular flexibility index (Phi) is 3.20. The molecule has 3 aromatic rings. The quantitative estimate of drug-likeness (QED) is 0.759. The van der Waals surface area contributed by atoms with Crippen molar-refractivity contribution in [3.8, 4) is 11.1 Å². The second-order valence-electron chi connectivity index (χ2n) is 4.94. The van der Waals surface area contributed by atoms with Gasteiger partial charge in [0.25, 0.3) is 0 Å². The lowest BCUT2D eigenvalue weighted by Gasteiger charge is -2.10. The van der Waals surface area contributed by atoms with Crippen molar-refractivity contribution in [2.24, 2.45) is 5.73 Å². The summed E-state index contributed by atoms with van der Waals surface area (Å²) in [7, 11) is 0. The van der Waals surface area contributed by atoms with E-state index in [4.69, 9.17) is 5.73 Å². The van der Waals surface area contributed by atoms with Crippen LogP contribution in [-0.4, -0.2) is 4.98 Å². The van der Waals surface area contributed by atoms with Crippen LogP contribution in [0, 0.1) is 5.82 Å². The first-order valence-electron chi connectivity index (χ1n) is 6.55. The molecule has 0 aliphatic heterocycles. The summed E-state index contributed by atoms with van der Waals surface area (Å²) >= 11 is 0. The molecule has 0 radical (unpaired) electrons. The molecule has 20 heavy (non-hydrogen) atoms. The molecule has 2 N–H and O–H groups in total. The summed E-state index contributed by atoms with van der Waals surface area (Å²) in [6, 6.07) is 14.7. The van der Waals surface area contributed by atoms with Crippen LogP contribution in [0.25, 0.3) is 22.0 Å². The average Bonchev–Trinajstić information content (AvgIpc) is 2.47. The lowest BCUT2D eigenvalue weighted by atomic mass is 10.00. The number of para-hydroxylation sites is 1. The highest BCUT2D eigenvalue weighted by atomic mass is 19.1. The molecule has 0 spiro atoms. The van der Waals surface area contributed by atoms with Gasteiger partial charge in [-0.3, -0.25) is 4.98 Å². The first kappa shape index (κ1) is 12.8. The van der Waals surface area contributed by atoms with Crippen LogP contribution in [0.15, 0.2) is 54.7 Å². The molecule has 0 bridgehead atoms. The van der Waals surface area contributed by atoms with Crippen molar-refractivity contribution in [3.05, 3.63) is 66.1 Å². The van der Waals surface area contributed by atoms with Crippen LogP contribution in [-0.2, 0) is 0 Å². The molecule has 2 aromatic carbocycles. The Bertz CT molecular complexity index is 766. The van der Waals surface area contributed by atoms with E-state index < -0.39 is 0 Å². The van der Waals surface area contributed by atoms with Crippen LogP contribution in [0.1, 0.15) is 18.5 Å². The van der Waals surface area contributed by atoms with Gasteiger partial charge in [0.2, 0.25) is 0 Å². The zero-order valence-electron chi connectivity index (χ0n) is 11.2. The SMILES string of the molecule is CC(N)c1cc(-c2cnc3ccccc3c2)ccc1F. The molecule has 0 aliphatic carbocycles. The van der Waals surface area contributed by atoms with Crippen molar-refractivity contribution in [3.63, 3.8) is 0 Å². The number of fused-ring (bicyclic) bond motifs is 1. The fourth-order valence-corrected chi connectivity index (χ4v) is 2.30. The molecule has 3 heteroatoms. The van der Waals surface area contributed by atoms with E-state index in [1.54, 1.807) is 25.3 Å². The van der Waals surface area contributed by atoms with E-state index in [2.05, 4.69) is 11.1 Å². The standard InChI is InChI=1S/C17H15FN2/c1-11(19)15-9-12(6-7-16(15)18)14-8-13-4-2-3-5-17(13)20-10-14/h2-11H,19H2,1H3. The minimum absolute atomic E-state index is 0.266. The van der Waals surface area contributed by atoms with E-state index in [-0.39, 0.29) is 11.9 Å². The van der Waals surface area contributed by atoms with Crippen molar-refractivity contribution in [1.29, 1.82) is 0 Å². The van der Waals surface area contributed by atoms with Gasteiger partial charge >= 0.3 is 0 Å². The molecule has 100 valence electrons. The number of aromatic nitrogens is 1. The van der Waals surface area contributed by atoms with E-state index in [1.807, 2.05) is 24.3 Å². The van der Waals surface area contributed by atoms with Crippen molar-refractivity contribution >= 4 is 10.9 Å². The number of hydrogen-bond donors (Lipinski definition) is 1. The number of halogens is 1. The largest absolute Gasteiger partial charge is 0.324 e. The fourth-order valence-electron chi connectivity index (χ4n) is 2.30. The smallest absolute Gasteiger partial charge is 0.128 e. The average molecular weight is 266 g/mol. The molecule has 3 rings (SSSR count). The molecule has 0 saturated heterocycles. The second-order valence-corrected chi connectivity index (χ2v) is 4.94. The van der Waals surface area contributed by atoms with Gasteiger partial charge in [0.15, 0.2) is 0 Å². The minimum Gasteiger partial charge on any atom is -0.324 e. The van der Waals surface area contributed by atoms with Gasteiger partial charge in [-0.25, -0.2) is 4.39 Å². The zero-order chi connectivity index (χ0) is 14.1. The predicted molar refractivity (Wildman–Crippen MR) is 79.7 cm³/mol. The van der Waals surface area contributed by atoms with Gasteiger partial charge in [0, 0.05) is 28.8 Å². The number of pyridine rings is 1. The highest BCUT2D eigenvalue weighted by Crippen LogP contribution is 2.26. The summed E-state index contributed by atoms with van der Waals surface area (Å²) in [6.07, 6.45) is 1.81. The van der Waals surface area contributed by atoms with Crippen molar-refractivity contribution in [2.45, 2.75) is 13.0 Å². The molecule has 0 amide bonds. The van der Waals surface area contributed by atoms with Crippen LogP contribution in [0.4, 0.5) is 4.39 Å². The Hall–Kier alpha value is -2.26. The number of rotatable bonds is 2. The third-order valence-corrected chi connectivity index (χ3v) is 3.41. The normalized spacial score (nSPS) is 12.6. The van der Waals surface area contributed by atoms with Gasteiger partial charge in [-0.05, 0) is 36.8 Å². The van der Waals surface area contributed by atoms with Crippen LogP contribution in [0.2, 0.25) is 0 Å². The summed E-state index contributed by atoms with van der Waals surface area (Å²) in [5.74, 6) is -0.266. The third kappa shape index (κ3) is 2.28. The maximum atomic E-state index is 13.7. The third-order valence-electron chi connectivity index (χ3n) is 3.41. The summed E-state index contributed by atoms with van der Waals surface area (Å²) in [6.45, 7) is 1.78. The van der Waals surface area contributed by atoms with Gasteiger partial charge in [0.1, 0.15) is 5.82 Å². The summed E-state index contributed by atoms with van der Waals surface area (Å²) in [5.41, 5.74) is 9.16. The molecule has 0 aliphatic rings. The Morgan fingerprint density at radius 1 is 1.05 bits per heavy atom. The van der Waals surface area contributed by atoms with Crippen LogP contribution >= 0.6 is 0 Å². The van der Waals surface area contributed by atoms with Gasteiger partial charge in [-0.15, -0.1) is 0 Å². The van der Waals surface area contributed by atoms with E-state index >= 15 is 0 Å². The Balaban J connectivity index is 2.13. The maximum Gasteiger partial charge on any atom is 0.128 e. The predicted octanol–water partition coefficient (Wildman–Crippen LogP) is 4.06. The topological polar surface area (TPSA) is 38.9 Å². The summed E-state index contributed by atoms with van der Waals surface area (Å²) < 4.78 is 13.7. The number of hydrogen-bond acceptors (Lipinski definition) is 2. The van der Waals surface area contributed by atoms with E-state index in [9.17, 15) is 4.39 Å². The summed E-state index contributed by atoms with van der Waals surface area (Å²) in [5, 5.41) is 1.07. The molecule has 1 atom stereocenters. The van der Waals surface area contributed by atoms with Crippen LogP contribution in [0.3, 0.4) is 0 Å². The van der Waals surface area contributed by atoms with Gasteiger partial charge in [-0.1, -0.05) is 24.3 Å². The molecular weight excluding hydrogens is 251 g/mol. The van der Waals surface area contributed by atoms with E-state index in [0.29, 0.717) is 5.56 Å². The zero-order valence-corrected chi connectivity index (χ0v) is 11.2. The maximum absolute atomic E-state index is 13.7. The lowest BCUT2D eigenvalue weighted by molar-refractivity contribution is 0.594. The summed E-state index contributed by atoms with van der Waals surface area (Å²) in [4.78, 5) is 4.43. The Morgan fingerprint density at radius 3 is 2.65 bits per heavy atom. The number of nitrogens with two attached hydrogens (primary N) is 1. The van der Waals surface area contributed by atoms with Crippen molar-refractivity contribution < 1.29 is 4.39 Å². The Labute approximate surface area is 117 Å². The first-order valence-corrected chi connectivity index (χ1v) is 6.55. The van der Waals surface area contributed by atoms with Gasteiger partial charge < -0.3 is 5.73 Å². The molecule has 0 saturated carbocycles. The highest BCUT2D eigenvalue weighted by molar-refractivity contribution is 5.83. The monoisotopic (exact) mass is 266 g/mol. The molecule has 2 nitrogen and oxygen atoms in total.